The van der Waals surface area contributed by atoms with Crippen LogP contribution in [0.4, 0.5) is 5.69 Å². The Morgan fingerprint density at radius 3 is 2.23 bits per heavy atom. The molecule has 0 radical (unpaired) electrons. The van der Waals surface area contributed by atoms with Crippen molar-refractivity contribution in [3.8, 4) is 5.69 Å². The lowest BCUT2D eigenvalue weighted by atomic mass is 10.2. The van der Waals surface area contributed by atoms with Crippen LogP contribution in [0.1, 0.15) is 10.4 Å². The lowest BCUT2D eigenvalue weighted by Gasteiger charge is -2.36. The number of hydrogen-bond acceptors (Lipinski definition) is 4. The zero-order valence-corrected chi connectivity index (χ0v) is 17.1. The minimum Gasteiger partial charge on any atom is -0.368 e. The van der Waals surface area contributed by atoms with Crippen molar-refractivity contribution < 1.29 is 9.59 Å². The largest absolute Gasteiger partial charge is 0.368 e. The number of rotatable bonds is 5. The second-order valence-corrected chi connectivity index (χ2v) is 7.46. The molecule has 2 amide bonds. The fraction of sp³-hybridized carbons (Fsp3) is 0.227. The predicted octanol–water partition coefficient (Wildman–Crippen LogP) is 2.60. The third kappa shape index (κ3) is 4.63. The molecule has 154 valence electrons. The summed E-state index contributed by atoms with van der Waals surface area (Å²) in [5, 5.41) is 7.58. The average Bonchev–Trinajstić information content (AvgIpc) is 3.33. The van der Waals surface area contributed by atoms with Crippen molar-refractivity contribution in [3.63, 3.8) is 0 Å². The van der Waals surface area contributed by atoms with E-state index in [2.05, 4.69) is 15.3 Å². The molecular formula is C22H22ClN5O2. The SMILES string of the molecule is O=C(NCC(=O)N1CCN(c2ccc(Cl)cc2)CC1)c1ccc(-n2cccn2)cc1. The van der Waals surface area contributed by atoms with Crippen LogP contribution < -0.4 is 10.2 Å². The monoisotopic (exact) mass is 423 g/mol. The Kier molecular flexibility index (Phi) is 5.99. The van der Waals surface area contributed by atoms with E-state index in [1.54, 1.807) is 27.9 Å². The summed E-state index contributed by atoms with van der Waals surface area (Å²) in [4.78, 5) is 28.9. The summed E-state index contributed by atoms with van der Waals surface area (Å²) in [6, 6.07) is 16.6. The quantitative estimate of drug-likeness (QED) is 0.684. The first-order chi connectivity index (χ1) is 14.6. The first-order valence-electron chi connectivity index (χ1n) is 9.77. The van der Waals surface area contributed by atoms with Crippen LogP contribution in [0.2, 0.25) is 5.02 Å². The topological polar surface area (TPSA) is 70.5 Å². The van der Waals surface area contributed by atoms with Gasteiger partial charge in [0, 0.05) is 54.8 Å². The number of piperazine rings is 1. The summed E-state index contributed by atoms with van der Waals surface area (Å²) in [6.45, 7) is 2.72. The van der Waals surface area contributed by atoms with Crippen molar-refractivity contribution in [2.75, 3.05) is 37.6 Å². The third-order valence-electron chi connectivity index (χ3n) is 5.12. The van der Waals surface area contributed by atoms with Gasteiger partial charge in [0.15, 0.2) is 0 Å². The van der Waals surface area contributed by atoms with E-state index < -0.39 is 0 Å². The van der Waals surface area contributed by atoms with E-state index in [4.69, 9.17) is 11.6 Å². The van der Waals surface area contributed by atoms with Gasteiger partial charge in [0.05, 0.1) is 12.2 Å². The molecule has 30 heavy (non-hydrogen) atoms. The van der Waals surface area contributed by atoms with Gasteiger partial charge in [-0.2, -0.15) is 5.10 Å². The molecule has 1 saturated heterocycles. The van der Waals surface area contributed by atoms with Gasteiger partial charge in [-0.3, -0.25) is 9.59 Å². The second-order valence-electron chi connectivity index (χ2n) is 7.02. The highest BCUT2D eigenvalue weighted by Gasteiger charge is 2.21. The Bertz CT molecular complexity index is 995. The van der Waals surface area contributed by atoms with Crippen LogP contribution in [-0.4, -0.2) is 59.2 Å². The first-order valence-corrected chi connectivity index (χ1v) is 10.1. The Hall–Kier alpha value is -3.32. The first kappa shape index (κ1) is 20.0. The van der Waals surface area contributed by atoms with E-state index in [1.165, 1.54) is 0 Å². The van der Waals surface area contributed by atoms with Gasteiger partial charge in [0.2, 0.25) is 5.91 Å². The third-order valence-corrected chi connectivity index (χ3v) is 5.37. The van der Waals surface area contributed by atoms with E-state index in [1.807, 2.05) is 48.7 Å². The number of nitrogens with one attached hydrogen (secondary N) is 1. The van der Waals surface area contributed by atoms with E-state index in [9.17, 15) is 9.59 Å². The molecule has 3 aromatic rings. The zero-order valence-electron chi connectivity index (χ0n) is 16.4. The molecule has 8 heteroatoms. The Balaban J connectivity index is 1.25. The van der Waals surface area contributed by atoms with Crippen LogP contribution in [-0.2, 0) is 4.79 Å². The fourth-order valence-corrected chi connectivity index (χ4v) is 3.55. The van der Waals surface area contributed by atoms with E-state index >= 15 is 0 Å². The molecule has 0 aliphatic carbocycles. The van der Waals surface area contributed by atoms with Gasteiger partial charge in [-0.05, 0) is 54.6 Å². The van der Waals surface area contributed by atoms with Gasteiger partial charge in [-0.25, -0.2) is 4.68 Å². The van der Waals surface area contributed by atoms with Crippen LogP contribution in [0.25, 0.3) is 5.69 Å². The summed E-state index contributed by atoms with van der Waals surface area (Å²) >= 11 is 5.94. The molecule has 0 saturated carbocycles. The molecule has 0 unspecified atom stereocenters. The molecule has 0 atom stereocenters. The molecule has 0 spiro atoms. The number of halogens is 1. The number of nitrogens with zero attached hydrogens (tertiary/aromatic N) is 4. The van der Waals surface area contributed by atoms with Gasteiger partial charge < -0.3 is 15.1 Å². The van der Waals surface area contributed by atoms with E-state index in [0.29, 0.717) is 23.7 Å². The lowest BCUT2D eigenvalue weighted by Crippen LogP contribution is -2.51. The van der Waals surface area contributed by atoms with Gasteiger partial charge in [-0.1, -0.05) is 11.6 Å². The maximum absolute atomic E-state index is 12.5. The number of benzene rings is 2. The maximum atomic E-state index is 12.5. The number of anilines is 1. The van der Waals surface area contributed by atoms with Gasteiger partial charge in [0.1, 0.15) is 0 Å². The van der Waals surface area contributed by atoms with Gasteiger partial charge in [-0.15, -0.1) is 0 Å². The van der Waals surface area contributed by atoms with Crippen molar-refractivity contribution in [1.82, 2.24) is 20.0 Å². The molecule has 2 aromatic carbocycles. The molecule has 1 N–H and O–H groups in total. The molecule has 2 heterocycles. The minimum absolute atomic E-state index is 0.0132. The smallest absolute Gasteiger partial charge is 0.251 e. The van der Waals surface area contributed by atoms with Crippen molar-refractivity contribution in [2.24, 2.45) is 0 Å². The van der Waals surface area contributed by atoms with Crippen LogP contribution in [0.5, 0.6) is 0 Å². The summed E-state index contributed by atoms with van der Waals surface area (Å²) < 4.78 is 1.72. The summed E-state index contributed by atoms with van der Waals surface area (Å²) in [5.41, 5.74) is 2.47. The van der Waals surface area contributed by atoms with Gasteiger partial charge >= 0.3 is 0 Å². The van der Waals surface area contributed by atoms with Crippen LogP contribution >= 0.6 is 11.6 Å². The van der Waals surface area contributed by atoms with Crippen molar-refractivity contribution >= 4 is 29.1 Å². The number of carbonyl (C=O) groups excluding carboxylic acids is 2. The maximum Gasteiger partial charge on any atom is 0.251 e. The highest BCUT2D eigenvalue weighted by molar-refractivity contribution is 6.30. The summed E-state index contributed by atoms with van der Waals surface area (Å²) in [5.74, 6) is -0.345. The Labute approximate surface area is 179 Å². The van der Waals surface area contributed by atoms with Crippen molar-refractivity contribution in [2.45, 2.75) is 0 Å². The zero-order chi connectivity index (χ0) is 20.9. The molecule has 1 aliphatic heterocycles. The van der Waals surface area contributed by atoms with Crippen LogP contribution in [0.3, 0.4) is 0 Å². The summed E-state index contributed by atoms with van der Waals surface area (Å²) in [7, 11) is 0. The molecule has 7 nitrogen and oxygen atoms in total. The number of hydrogen-bond donors (Lipinski definition) is 1. The fourth-order valence-electron chi connectivity index (χ4n) is 3.42. The van der Waals surface area contributed by atoms with E-state index in [0.717, 1.165) is 24.5 Å². The highest BCUT2D eigenvalue weighted by atomic mass is 35.5. The average molecular weight is 424 g/mol. The Morgan fingerprint density at radius 1 is 0.933 bits per heavy atom. The van der Waals surface area contributed by atoms with Gasteiger partial charge in [0.25, 0.3) is 5.91 Å². The van der Waals surface area contributed by atoms with Crippen LogP contribution in [0, 0.1) is 0 Å². The molecule has 1 aliphatic rings. The number of amides is 2. The number of carbonyl (C=O) groups is 2. The molecule has 1 fully saturated rings. The molecular weight excluding hydrogens is 402 g/mol. The number of aromatic nitrogens is 2. The van der Waals surface area contributed by atoms with E-state index in [-0.39, 0.29) is 18.4 Å². The highest BCUT2D eigenvalue weighted by Crippen LogP contribution is 2.19. The predicted molar refractivity (Wildman–Crippen MR) is 116 cm³/mol. The minimum atomic E-state index is -0.268. The normalized spacial score (nSPS) is 13.9. The molecule has 0 bridgehead atoms. The lowest BCUT2D eigenvalue weighted by molar-refractivity contribution is -0.130. The van der Waals surface area contributed by atoms with Crippen molar-refractivity contribution in [3.05, 3.63) is 77.6 Å². The van der Waals surface area contributed by atoms with Crippen LogP contribution in [0.15, 0.2) is 67.0 Å². The molecule has 4 rings (SSSR count). The standard InChI is InChI=1S/C22H22ClN5O2/c23-18-4-8-19(9-5-18)26-12-14-27(15-13-26)21(29)16-24-22(30)17-2-6-20(7-3-17)28-11-1-10-25-28/h1-11H,12-16H2,(H,24,30). The Morgan fingerprint density at radius 2 is 1.60 bits per heavy atom. The second kappa shape index (κ2) is 9.00. The molecule has 1 aromatic heterocycles. The summed E-state index contributed by atoms with van der Waals surface area (Å²) in [6.07, 6.45) is 3.53. The van der Waals surface area contributed by atoms with Crippen molar-refractivity contribution in [1.29, 1.82) is 0 Å².